The number of carboxylic acids is 1. The van der Waals surface area contributed by atoms with Gasteiger partial charge in [0.1, 0.15) is 67.2 Å². The molecule has 1 aliphatic carbocycles. The van der Waals surface area contributed by atoms with Crippen LogP contribution < -0.4 is 34.9 Å². The van der Waals surface area contributed by atoms with Crippen LogP contribution in [0.4, 0.5) is 10.5 Å². The van der Waals surface area contributed by atoms with Crippen LogP contribution in [0.25, 0.3) is 0 Å². The number of aliphatic carboxylic acids is 1. The maximum absolute atomic E-state index is 13.7. The molecule has 2 heterocycles. The molecule has 0 spiro atoms. The number of fused-ring (bicyclic) bond motifs is 3. The van der Waals surface area contributed by atoms with Crippen LogP contribution >= 0.6 is 7.82 Å². The molecule has 5 aromatic carbocycles. The Morgan fingerprint density at radius 3 is 2.10 bits per heavy atom. The summed E-state index contributed by atoms with van der Waals surface area (Å²) in [5.41, 5.74) is -0.973. The van der Waals surface area contributed by atoms with Crippen molar-refractivity contribution in [3.05, 3.63) is 148 Å². The molecule has 2 aliphatic heterocycles. The topological polar surface area (TPSA) is 363 Å². The molecular formula is C62H76N4O22P+. The van der Waals surface area contributed by atoms with E-state index in [0.29, 0.717) is 64.7 Å². The van der Waals surface area contributed by atoms with E-state index in [1.54, 1.807) is 48.5 Å². The van der Waals surface area contributed by atoms with Crippen molar-refractivity contribution in [1.82, 2.24) is 10.6 Å². The molecule has 27 heteroatoms. The lowest BCUT2D eigenvalue weighted by molar-refractivity contribution is -0.870. The number of hydrogen-bond acceptors (Lipinski definition) is 20. The number of carboxylic acid groups (broad SMARTS) is 1. The van der Waals surface area contributed by atoms with Crippen LogP contribution in [0, 0.1) is 5.92 Å². The van der Waals surface area contributed by atoms with Gasteiger partial charge in [-0.1, -0.05) is 67.1 Å². The number of ether oxygens (including phenoxy) is 7. The van der Waals surface area contributed by atoms with E-state index in [2.05, 4.69) is 16.0 Å². The predicted octanol–water partition coefficient (Wildman–Crippen LogP) is 4.14. The summed E-state index contributed by atoms with van der Waals surface area (Å²) in [5.74, 6) is -4.95. The number of aliphatic hydroxyl groups is 5. The summed E-state index contributed by atoms with van der Waals surface area (Å²) in [4.78, 5) is 74.9. The van der Waals surface area contributed by atoms with Gasteiger partial charge in [-0.25, -0.2) is 14.2 Å². The Morgan fingerprint density at radius 1 is 0.730 bits per heavy atom. The molecule has 1 saturated carbocycles. The molecule has 10 N–H and O–H groups in total. The monoisotopic (exact) mass is 1260 g/mol. The molecule has 2 unspecified atom stereocenters. The lowest BCUT2D eigenvalue weighted by Gasteiger charge is -2.40. The first-order chi connectivity index (χ1) is 42.3. The second-order valence-corrected chi connectivity index (χ2v) is 24.2. The van der Waals surface area contributed by atoms with E-state index < -0.39 is 97.5 Å². The van der Waals surface area contributed by atoms with Gasteiger partial charge in [-0.3, -0.25) is 23.4 Å². The van der Waals surface area contributed by atoms with Gasteiger partial charge in [-0.05, 0) is 95.6 Å². The van der Waals surface area contributed by atoms with Gasteiger partial charge in [0.25, 0.3) is 5.91 Å². The van der Waals surface area contributed by atoms with Gasteiger partial charge in [0.15, 0.2) is 17.3 Å². The number of aliphatic hydroxyl groups excluding tert-OH is 4. The van der Waals surface area contributed by atoms with E-state index in [9.17, 15) is 64.1 Å². The quantitative estimate of drug-likeness (QED) is 0.0146. The number of likely N-dealkylation sites (N-methyl/N-ethyl adjacent to an activating group) is 1. The number of rotatable bonds is 28. The van der Waals surface area contributed by atoms with Gasteiger partial charge in [-0.15, -0.1) is 0 Å². The SMILES string of the molecule is COC(=O)[C@H]1[C@@H](O)[C@@]2(O)c3c(OC)cc(CCCCCNC(=O)OCc4ccc(OC5O[C@H](C(=O)O)[C@@H](O)[C@H](O)[C@H]5O)c(NC(=O)CCNC(=O)c5ccc(COP(=O)(O)OCC[N+](C)(C)C)cc5)c4)cc3O[C@@]2(c2ccc(OC)cc2)[C@@H]1c1ccccc1. The maximum atomic E-state index is 13.7. The number of hydrogen-bond donors (Lipinski definition) is 10. The Balaban J connectivity index is 0.865. The number of anilines is 1. The van der Waals surface area contributed by atoms with Crippen molar-refractivity contribution in [3.8, 4) is 23.0 Å². The van der Waals surface area contributed by atoms with E-state index >= 15 is 0 Å². The number of aryl methyl sites for hydroxylation is 1. The van der Waals surface area contributed by atoms with Gasteiger partial charge in [-0.2, -0.15) is 0 Å². The van der Waals surface area contributed by atoms with Crippen molar-refractivity contribution in [1.29, 1.82) is 0 Å². The second kappa shape index (κ2) is 28.8. The van der Waals surface area contributed by atoms with Crippen molar-refractivity contribution in [2.24, 2.45) is 5.92 Å². The van der Waals surface area contributed by atoms with E-state index in [1.807, 2.05) is 39.3 Å². The highest BCUT2D eigenvalue weighted by atomic mass is 31.2. The number of carbonyl (C=O) groups is 5. The number of alkyl carbamates (subject to hydrolysis) is 1. The second-order valence-electron chi connectivity index (χ2n) is 22.7. The molecule has 8 rings (SSSR count). The van der Waals surface area contributed by atoms with Crippen molar-refractivity contribution < 1.29 is 111 Å². The highest BCUT2D eigenvalue weighted by Gasteiger charge is 2.78. The number of esters is 1. The van der Waals surface area contributed by atoms with Crippen LogP contribution in [-0.4, -0.2) is 175 Å². The van der Waals surface area contributed by atoms with Crippen LogP contribution in [0.5, 0.6) is 23.0 Å². The standard InChI is InChI=1S/C62H75N4O22P/c1-66(2,3)29-30-84-89(78,79)85-35-36-16-19-40(20-17-36)56(72)63-28-26-47(67)65-43-31-38(18-25-44(43)86-59-53(70)51(68)52(69)54(87-59)57(73)74)34-83-60(76)64-27-12-8-9-13-37-32-45(81-5)50-46(33-37)88-62(41-21-23-42(80-4)24-22-41)49(39-14-10-7-11-15-39)48(58(75)82-6)55(71)61(50,62)77/h7,10-11,14-25,31-33,48-49,51-55,59,68-71,77H,8-9,12-13,26-30,34-35H2,1-6H3,(H4-,63,64,65,67,72,73,74,76,78,79)/p+1/t48-,49-,51+,52+,53-,54+,55-,59?,61+,62+/m1/s1. The number of nitrogens with zero attached hydrogens (tertiary/aromatic N) is 1. The molecule has 3 amide bonds. The summed E-state index contributed by atoms with van der Waals surface area (Å²) in [6.45, 7) is -0.0641. The van der Waals surface area contributed by atoms with Crippen LogP contribution in [0.1, 0.15) is 75.3 Å². The Bertz CT molecular complexity index is 3350. The van der Waals surface area contributed by atoms with Crippen LogP contribution in [0.3, 0.4) is 0 Å². The number of quaternary nitrogens is 1. The van der Waals surface area contributed by atoms with Crippen LogP contribution in [0.15, 0.2) is 109 Å². The summed E-state index contributed by atoms with van der Waals surface area (Å²) >= 11 is 0. The summed E-state index contributed by atoms with van der Waals surface area (Å²) in [6, 6.07) is 29.6. The molecule has 0 aromatic heterocycles. The Labute approximate surface area is 513 Å². The molecular weight excluding hydrogens is 1180 g/mol. The largest absolute Gasteiger partial charge is 0.497 e. The number of nitrogens with one attached hydrogen (secondary N) is 3. The number of phosphoric acid groups is 1. The fourth-order valence-corrected chi connectivity index (χ4v) is 11.8. The maximum Gasteiger partial charge on any atom is 0.472 e. The highest BCUT2D eigenvalue weighted by molar-refractivity contribution is 7.47. The zero-order chi connectivity index (χ0) is 64.4. The summed E-state index contributed by atoms with van der Waals surface area (Å²) in [5, 5.41) is 74.4. The summed E-state index contributed by atoms with van der Waals surface area (Å²) < 4.78 is 63.1. The molecule has 89 heavy (non-hydrogen) atoms. The minimum atomic E-state index is -4.34. The first-order valence-corrected chi connectivity index (χ1v) is 30.1. The average Bonchev–Trinajstić information content (AvgIpc) is 1.50. The van der Waals surface area contributed by atoms with Gasteiger partial charge in [0, 0.05) is 31.0 Å². The first kappa shape index (κ1) is 67.2. The molecule has 11 atom stereocenters. The van der Waals surface area contributed by atoms with E-state index in [1.165, 1.54) is 63.8 Å². The Hall–Kier alpha value is -7.72. The lowest BCUT2D eigenvalue weighted by Crippen LogP contribution is -2.61. The van der Waals surface area contributed by atoms with Gasteiger partial charge in [0.05, 0.1) is 66.2 Å². The van der Waals surface area contributed by atoms with E-state index in [0.717, 1.165) is 5.56 Å². The number of amides is 3. The number of unbranched alkanes of at least 4 members (excludes halogenated alkanes) is 2. The summed E-state index contributed by atoms with van der Waals surface area (Å²) in [7, 11) is 5.56. The normalized spacial score (nSPS) is 24.2. The Kier molecular flexibility index (Phi) is 21.8. The molecule has 5 aromatic rings. The molecule has 0 radical (unpaired) electrons. The third-order valence-corrected chi connectivity index (χ3v) is 16.7. The molecule has 3 aliphatic rings. The van der Waals surface area contributed by atoms with Crippen molar-refractivity contribution in [2.75, 3.05) is 74.0 Å². The molecule has 480 valence electrons. The number of phosphoric ester groups is 1. The first-order valence-electron chi connectivity index (χ1n) is 28.6. The van der Waals surface area contributed by atoms with Crippen molar-refractivity contribution in [2.45, 2.75) is 99.2 Å². The fraction of sp³-hybridized carbons (Fsp3) is 0.435. The van der Waals surface area contributed by atoms with Crippen molar-refractivity contribution >= 4 is 43.4 Å². The van der Waals surface area contributed by atoms with Crippen LogP contribution in [0.2, 0.25) is 0 Å². The minimum absolute atomic E-state index is 0.00193. The zero-order valence-electron chi connectivity index (χ0n) is 49.9. The molecule has 0 bridgehead atoms. The fourth-order valence-electron chi connectivity index (χ4n) is 11.1. The summed E-state index contributed by atoms with van der Waals surface area (Å²) in [6.07, 6.45) is -10.2. The van der Waals surface area contributed by atoms with Gasteiger partial charge in [0.2, 0.25) is 12.2 Å². The Morgan fingerprint density at radius 2 is 1.44 bits per heavy atom. The number of benzene rings is 5. The third-order valence-electron chi connectivity index (χ3n) is 15.7. The van der Waals surface area contributed by atoms with Gasteiger partial charge < -0.3 is 89.1 Å². The molecule has 2 fully saturated rings. The molecule has 26 nitrogen and oxygen atoms in total. The highest BCUT2D eigenvalue weighted by Crippen LogP contribution is 2.70. The third kappa shape index (κ3) is 15.3. The zero-order valence-corrected chi connectivity index (χ0v) is 50.8. The van der Waals surface area contributed by atoms with E-state index in [-0.39, 0.29) is 73.4 Å². The van der Waals surface area contributed by atoms with Crippen LogP contribution in [-0.2, 0) is 73.0 Å². The predicted molar refractivity (Wildman–Crippen MR) is 316 cm³/mol. The average molecular weight is 1260 g/mol. The smallest absolute Gasteiger partial charge is 0.472 e. The van der Waals surface area contributed by atoms with Crippen molar-refractivity contribution in [3.63, 3.8) is 0 Å². The molecule has 1 saturated heterocycles. The lowest BCUT2D eigenvalue weighted by atomic mass is 9.70. The number of carbonyl (C=O) groups excluding carboxylic acids is 4. The van der Waals surface area contributed by atoms with Gasteiger partial charge >= 0.3 is 25.9 Å². The number of methoxy groups -OCH3 is 3. The van der Waals surface area contributed by atoms with E-state index in [4.69, 9.17) is 42.2 Å². The minimum Gasteiger partial charge on any atom is -0.497 e.